The van der Waals surface area contributed by atoms with Gasteiger partial charge in [-0.25, -0.2) is 4.79 Å². The standard InChI is InChI=1S/C14H19NO4/c1-9-6-11(18-5)7-10(8-16)12(9)15-13(17)19-14(2,3)4/h6-8H,1-5H3,(H,15,17). The Morgan fingerprint density at radius 1 is 1.32 bits per heavy atom. The molecule has 19 heavy (non-hydrogen) atoms. The molecule has 0 aliphatic carbocycles. The zero-order valence-electron chi connectivity index (χ0n) is 11.9. The summed E-state index contributed by atoms with van der Waals surface area (Å²) in [5.74, 6) is 0.564. The van der Waals surface area contributed by atoms with Gasteiger partial charge in [-0.3, -0.25) is 10.1 Å². The number of amides is 1. The molecule has 0 aliphatic rings. The summed E-state index contributed by atoms with van der Waals surface area (Å²) < 4.78 is 10.2. The maximum atomic E-state index is 11.7. The number of hydrogen-bond acceptors (Lipinski definition) is 4. The van der Waals surface area contributed by atoms with Gasteiger partial charge in [0.05, 0.1) is 12.8 Å². The van der Waals surface area contributed by atoms with E-state index in [1.165, 1.54) is 7.11 Å². The first-order valence-electron chi connectivity index (χ1n) is 5.90. The molecule has 0 atom stereocenters. The van der Waals surface area contributed by atoms with E-state index in [9.17, 15) is 9.59 Å². The maximum absolute atomic E-state index is 11.7. The van der Waals surface area contributed by atoms with Crippen molar-refractivity contribution < 1.29 is 19.1 Å². The highest BCUT2D eigenvalue weighted by Gasteiger charge is 2.18. The quantitative estimate of drug-likeness (QED) is 0.852. The van der Waals surface area contributed by atoms with E-state index in [-0.39, 0.29) is 0 Å². The molecule has 1 amide bonds. The van der Waals surface area contributed by atoms with Crippen LogP contribution in [0.5, 0.6) is 5.75 Å². The highest BCUT2D eigenvalue weighted by atomic mass is 16.6. The van der Waals surface area contributed by atoms with Crippen molar-refractivity contribution in [3.8, 4) is 5.75 Å². The number of aryl methyl sites for hydroxylation is 1. The molecule has 0 aliphatic heterocycles. The van der Waals surface area contributed by atoms with Gasteiger partial charge in [-0.1, -0.05) is 0 Å². The number of methoxy groups -OCH3 is 1. The largest absolute Gasteiger partial charge is 0.497 e. The number of carbonyl (C=O) groups excluding carboxylic acids is 2. The van der Waals surface area contributed by atoms with Crippen molar-refractivity contribution >= 4 is 18.1 Å². The smallest absolute Gasteiger partial charge is 0.412 e. The van der Waals surface area contributed by atoms with E-state index in [1.807, 2.05) is 0 Å². The van der Waals surface area contributed by atoms with E-state index in [4.69, 9.17) is 9.47 Å². The second-order valence-electron chi connectivity index (χ2n) is 5.15. The lowest BCUT2D eigenvalue weighted by molar-refractivity contribution is 0.0636. The van der Waals surface area contributed by atoms with Crippen molar-refractivity contribution in [2.75, 3.05) is 12.4 Å². The molecule has 0 bridgehead atoms. The van der Waals surface area contributed by atoms with E-state index in [0.29, 0.717) is 23.3 Å². The van der Waals surface area contributed by atoms with Crippen LogP contribution >= 0.6 is 0 Å². The Kier molecular flexibility index (Phi) is 4.53. The molecule has 0 saturated carbocycles. The molecular weight excluding hydrogens is 246 g/mol. The topological polar surface area (TPSA) is 64.6 Å². The monoisotopic (exact) mass is 265 g/mol. The minimum Gasteiger partial charge on any atom is -0.497 e. The number of carbonyl (C=O) groups is 2. The Hall–Kier alpha value is -2.04. The fourth-order valence-electron chi connectivity index (χ4n) is 1.57. The molecule has 1 aromatic carbocycles. The Labute approximate surface area is 112 Å². The van der Waals surface area contributed by atoms with E-state index >= 15 is 0 Å². The van der Waals surface area contributed by atoms with Crippen molar-refractivity contribution in [1.82, 2.24) is 0 Å². The van der Waals surface area contributed by atoms with Crippen LogP contribution in [0, 0.1) is 6.92 Å². The Morgan fingerprint density at radius 2 is 1.95 bits per heavy atom. The minimum atomic E-state index is -0.594. The summed E-state index contributed by atoms with van der Waals surface area (Å²) in [6, 6.07) is 3.30. The van der Waals surface area contributed by atoms with Gasteiger partial charge in [-0.15, -0.1) is 0 Å². The van der Waals surface area contributed by atoms with Crippen molar-refractivity contribution in [2.24, 2.45) is 0 Å². The lowest BCUT2D eigenvalue weighted by Crippen LogP contribution is -2.27. The molecule has 0 aromatic heterocycles. The third kappa shape index (κ3) is 4.28. The van der Waals surface area contributed by atoms with Crippen LogP contribution in [0.4, 0.5) is 10.5 Å². The first-order chi connectivity index (χ1) is 8.76. The SMILES string of the molecule is COc1cc(C)c(NC(=O)OC(C)(C)C)c(C=O)c1. The summed E-state index contributed by atoms with van der Waals surface area (Å²) in [5, 5.41) is 2.59. The predicted octanol–water partition coefficient (Wildman–Crippen LogP) is 3.16. The number of aldehydes is 1. The molecule has 1 aromatic rings. The van der Waals surface area contributed by atoms with Crippen molar-refractivity contribution in [3.05, 3.63) is 23.3 Å². The van der Waals surface area contributed by atoms with Crippen LogP contribution in [-0.2, 0) is 4.74 Å². The van der Waals surface area contributed by atoms with Gasteiger partial charge in [0.15, 0.2) is 6.29 Å². The fourth-order valence-corrected chi connectivity index (χ4v) is 1.57. The van der Waals surface area contributed by atoms with Gasteiger partial charge in [0.1, 0.15) is 11.4 Å². The third-order valence-corrected chi connectivity index (χ3v) is 2.33. The number of nitrogens with one attached hydrogen (secondary N) is 1. The molecule has 0 saturated heterocycles. The van der Waals surface area contributed by atoms with Crippen molar-refractivity contribution in [1.29, 1.82) is 0 Å². The summed E-state index contributed by atoms with van der Waals surface area (Å²) in [6.45, 7) is 7.10. The summed E-state index contributed by atoms with van der Waals surface area (Å²) >= 11 is 0. The van der Waals surface area contributed by atoms with Crippen LogP contribution in [0.25, 0.3) is 0 Å². The lowest BCUT2D eigenvalue weighted by Gasteiger charge is -2.20. The summed E-state index contributed by atoms with van der Waals surface area (Å²) in [6.07, 6.45) is 0.0752. The second-order valence-corrected chi connectivity index (χ2v) is 5.15. The van der Waals surface area contributed by atoms with Crippen LogP contribution in [-0.4, -0.2) is 25.1 Å². The third-order valence-electron chi connectivity index (χ3n) is 2.33. The molecule has 1 N–H and O–H groups in total. The number of rotatable bonds is 3. The average Bonchev–Trinajstić information content (AvgIpc) is 2.29. The number of anilines is 1. The minimum absolute atomic E-state index is 0.350. The van der Waals surface area contributed by atoms with Crippen LogP contribution in [0.15, 0.2) is 12.1 Å². The Morgan fingerprint density at radius 3 is 2.42 bits per heavy atom. The molecule has 0 fully saturated rings. The predicted molar refractivity (Wildman–Crippen MR) is 73.0 cm³/mol. The van der Waals surface area contributed by atoms with Crippen LogP contribution in [0.1, 0.15) is 36.7 Å². The van der Waals surface area contributed by atoms with Crippen LogP contribution < -0.4 is 10.1 Å². The van der Waals surface area contributed by atoms with Crippen molar-refractivity contribution in [2.45, 2.75) is 33.3 Å². The maximum Gasteiger partial charge on any atom is 0.412 e. The summed E-state index contributed by atoms with van der Waals surface area (Å²) in [4.78, 5) is 22.8. The number of benzene rings is 1. The van der Waals surface area contributed by atoms with Crippen LogP contribution in [0.3, 0.4) is 0 Å². The number of hydrogen-bond donors (Lipinski definition) is 1. The van der Waals surface area contributed by atoms with Gasteiger partial charge >= 0.3 is 6.09 Å². The fraction of sp³-hybridized carbons (Fsp3) is 0.429. The summed E-state index contributed by atoms with van der Waals surface area (Å²) in [7, 11) is 1.52. The first kappa shape index (κ1) is 15.0. The molecule has 0 unspecified atom stereocenters. The first-order valence-corrected chi connectivity index (χ1v) is 5.90. The number of ether oxygens (including phenoxy) is 2. The van der Waals surface area contributed by atoms with Gasteiger partial charge in [-0.2, -0.15) is 0 Å². The lowest BCUT2D eigenvalue weighted by atomic mass is 10.1. The zero-order valence-corrected chi connectivity index (χ0v) is 11.9. The second kappa shape index (κ2) is 5.73. The Bertz CT molecular complexity index is 489. The van der Waals surface area contributed by atoms with E-state index < -0.39 is 11.7 Å². The average molecular weight is 265 g/mol. The molecule has 1 rings (SSSR count). The van der Waals surface area contributed by atoms with E-state index in [2.05, 4.69) is 5.32 Å². The van der Waals surface area contributed by atoms with Crippen molar-refractivity contribution in [3.63, 3.8) is 0 Å². The Balaban J connectivity index is 3.01. The molecule has 0 heterocycles. The molecule has 104 valence electrons. The highest BCUT2D eigenvalue weighted by Crippen LogP contribution is 2.26. The molecular formula is C14H19NO4. The molecule has 5 nitrogen and oxygen atoms in total. The van der Waals surface area contributed by atoms with Gasteiger partial charge in [0, 0.05) is 5.56 Å². The van der Waals surface area contributed by atoms with Gasteiger partial charge < -0.3 is 9.47 Å². The van der Waals surface area contributed by atoms with Gasteiger partial charge in [-0.05, 0) is 45.4 Å². The van der Waals surface area contributed by atoms with Gasteiger partial charge in [0.25, 0.3) is 0 Å². The van der Waals surface area contributed by atoms with Gasteiger partial charge in [0.2, 0.25) is 0 Å². The van der Waals surface area contributed by atoms with E-state index in [0.717, 1.165) is 5.56 Å². The van der Waals surface area contributed by atoms with Crippen LogP contribution in [0.2, 0.25) is 0 Å². The molecule has 5 heteroatoms. The zero-order chi connectivity index (χ0) is 14.6. The van der Waals surface area contributed by atoms with E-state index in [1.54, 1.807) is 39.8 Å². The molecule has 0 radical (unpaired) electrons. The highest BCUT2D eigenvalue weighted by molar-refractivity contribution is 5.95. The molecule has 0 spiro atoms. The summed E-state index contributed by atoms with van der Waals surface area (Å²) in [5.41, 5.74) is 0.922. The normalized spacial score (nSPS) is 10.8.